The zero-order valence-corrected chi connectivity index (χ0v) is 15.5. The third-order valence-electron chi connectivity index (χ3n) is 5.18. The van der Waals surface area contributed by atoms with Gasteiger partial charge in [-0.05, 0) is 18.1 Å². The lowest BCUT2D eigenvalue weighted by Crippen LogP contribution is -2.45. The van der Waals surface area contributed by atoms with E-state index in [1.807, 2.05) is 24.3 Å². The largest absolute Gasteiger partial charge is 0.355 e. The van der Waals surface area contributed by atoms with Crippen LogP contribution in [0.4, 0.5) is 11.5 Å². The number of nitrogens with one attached hydrogen (secondary N) is 1. The fraction of sp³-hybridized carbons (Fsp3) is 0.450. The summed E-state index contributed by atoms with van der Waals surface area (Å²) in [5, 5.41) is 2.92. The van der Waals surface area contributed by atoms with Gasteiger partial charge in [-0.1, -0.05) is 25.1 Å². The first-order chi connectivity index (χ1) is 13.2. The maximum Gasteiger partial charge on any atom is 0.275 e. The predicted molar refractivity (Wildman–Crippen MR) is 102 cm³/mol. The number of amides is 1. The van der Waals surface area contributed by atoms with E-state index in [-0.39, 0.29) is 5.91 Å². The van der Waals surface area contributed by atoms with Crippen molar-refractivity contribution in [3.8, 4) is 0 Å². The number of hydrogen-bond acceptors (Lipinski definition) is 6. The Hall–Kier alpha value is -2.51. The van der Waals surface area contributed by atoms with E-state index in [2.05, 4.69) is 27.1 Å². The minimum atomic E-state index is -0.406. The highest BCUT2D eigenvalue weighted by Gasteiger charge is 2.40. The lowest BCUT2D eigenvalue weighted by atomic mass is 10.0. The maximum absolute atomic E-state index is 12.5. The van der Waals surface area contributed by atoms with Crippen LogP contribution in [-0.4, -0.2) is 48.0 Å². The fourth-order valence-electron chi connectivity index (χ4n) is 3.60. The molecule has 7 heteroatoms. The summed E-state index contributed by atoms with van der Waals surface area (Å²) in [5.74, 6) is 0.116. The van der Waals surface area contributed by atoms with E-state index in [0.717, 1.165) is 49.4 Å². The molecule has 0 saturated carbocycles. The highest BCUT2D eigenvalue weighted by atomic mass is 16.7. The topological polar surface area (TPSA) is 76.6 Å². The summed E-state index contributed by atoms with van der Waals surface area (Å²) in [5.41, 5.74) is 2.21. The highest BCUT2D eigenvalue weighted by molar-refractivity contribution is 6.03. The molecule has 1 N–H and O–H groups in total. The first-order valence-corrected chi connectivity index (χ1v) is 9.43. The van der Waals surface area contributed by atoms with Crippen LogP contribution in [0.25, 0.3) is 0 Å². The van der Waals surface area contributed by atoms with Crippen LogP contribution in [0.15, 0.2) is 36.7 Å². The zero-order chi connectivity index (χ0) is 18.7. The van der Waals surface area contributed by atoms with Crippen LogP contribution in [-0.2, 0) is 15.9 Å². The van der Waals surface area contributed by atoms with Crippen molar-refractivity contribution in [1.29, 1.82) is 0 Å². The number of carbonyl (C=O) groups is 1. The van der Waals surface area contributed by atoms with Crippen LogP contribution in [0.5, 0.6) is 0 Å². The molecule has 0 unspecified atom stereocenters. The second kappa shape index (κ2) is 7.62. The molecule has 1 aromatic heterocycles. The molecule has 0 bridgehead atoms. The Bertz CT molecular complexity index is 793. The number of nitrogens with zero attached hydrogens (tertiary/aromatic N) is 3. The number of hydrogen-bond donors (Lipinski definition) is 1. The van der Waals surface area contributed by atoms with Crippen LogP contribution in [0.2, 0.25) is 0 Å². The van der Waals surface area contributed by atoms with Crippen molar-refractivity contribution >= 4 is 17.4 Å². The van der Waals surface area contributed by atoms with Gasteiger partial charge in [-0.3, -0.25) is 4.79 Å². The van der Waals surface area contributed by atoms with E-state index < -0.39 is 5.79 Å². The molecule has 3 heterocycles. The number of aromatic nitrogens is 2. The summed E-state index contributed by atoms with van der Waals surface area (Å²) >= 11 is 0. The second-order valence-corrected chi connectivity index (χ2v) is 6.82. The molecule has 2 fully saturated rings. The van der Waals surface area contributed by atoms with Crippen molar-refractivity contribution in [2.75, 3.05) is 36.5 Å². The number of anilines is 2. The number of rotatable bonds is 4. The Morgan fingerprint density at radius 2 is 1.89 bits per heavy atom. The Morgan fingerprint density at radius 3 is 2.56 bits per heavy atom. The summed E-state index contributed by atoms with van der Waals surface area (Å²) in [4.78, 5) is 23.4. The van der Waals surface area contributed by atoms with E-state index in [1.165, 1.54) is 6.20 Å². The summed E-state index contributed by atoms with van der Waals surface area (Å²) < 4.78 is 11.5. The normalized spacial score (nSPS) is 18.6. The Labute approximate surface area is 158 Å². The first-order valence-electron chi connectivity index (χ1n) is 9.43. The molecule has 0 aliphatic carbocycles. The molecule has 1 spiro atoms. The van der Waals surface area contributed by atoms with E-state index in [1.54, 1.807) is 6.20 Å². The van der Waals surface area contributed by atoms with Gasteiger partial charge in [0.25, 0.3) is 5.91 Å². The molecule has 0 atom stereocenters. The van der Waals surface area contributed by atoms with Gasteiger partial charge in [-0.25, -0.2) is 9.97 Å². The molecule has 1 aromatic carbocycles. The number of aryl methyl sites for hydroxylation is 1. The lowest BCUT2D eigenvalue weighted by molar-refractivity contribution is -0.169. The predicted octanol–water partition coefficient (Wildman–Crippen LogP) is 2.63. The SMILES string of the molecule is CCc1ccccc1NC(=O)c1cnc(N2CCC3(CC2)OCCO3)cn1. The van der Waals surface area contributed by atoms with Crippen LogP contribution in [0.1, 0.15) is 35.8 Å². The van der Waals surface area contributed by atoms with Gasteiger partial charge in [-0.15, -0.1) is 0 Å². The number of para-hydroxylation sites is 1. The van der Waals surface area contributed by atoms with Crippen molar-refractivity contribution in [2.45, 2.75) is 32.0 Å². The van der Waals surface area contributed by atoms with Crippen LogP contribution in [0, 0.1) is 0 Å². The van der Waals surface area contributed by atoms with Crippen molar-refractivity contribution < 1.29 is 14.3 Å². The summed E-state index contributed by atoms with van der Waals surface area (Å²) in [7, 11) is 0. The third-order valence-corrected chi connectivity index (χ3v) is 5.18. The molecule has 1 amide bonds. The molecule has 7 nitrogen and oxygen atoms in total. The average Bonchev–Trinajstić information content (AvgIpc) is 3.17. The van der Waals surface area contributed by atoms with Gasteiger partial charge in [0.05, 0.1) is 25.6 Å². The van der Waals surface area contributed by atoms with Crippen molar-refractivity contribution in [3.05, 3.63) is 47.9 Å². The molecule has 2 saturated heterocycles. The number of benzene rings is 1. The van der Waals surface area contributed by atoms with Gasteiger partial charge in [0.1, 0.15) is 11.5 Å². The average molecular weight is 368 g/mol. The summed E-state index contributed by atoms with van der Waals surface area (Å²) in [6.45, 7) is 4.99. The summed E-state index contributed by atoms with van der Waals surface area (Å²) in [6, 6.07) is 7.78. The van der Waals surface area contributed by atoms with Crippen LogP contribution >= 0.6 is 0 Å². The molecule has 2 aliphatic heterocycles. The van der Waals surface area contributed by atoms with E-state index in [4.69, 9.17) is 9.47 Å². The molecule has 2 aromatic rings. The molecular weight excluding hydrogens is 344 g/mol. The Kier molecular flexibility index (Phi) is 5.05. The van der Waals surface area contributed by atoms with E-state index in [9.17, 15) is 4.79 Å². The highest BCUT2D eigenvalue weighted by Crippen LogP contribution is 2.32. The van der Waals surface area contributed by atoms with Gasteiger partial charge in [0.2, 0.25) is 0 Å². The van der Waals surface area contributed by atoms with Crippen molar-refractivity contribution in [3.63, 3.8) is 0 Å². The minimum Gasteiger partial charge on any atom is -0.355 e. The molecule has 142 valence electrons. The third kappa shape index (κ3) is 3.79. The zero-order valence-electron chi connectivity index (χ0n) is 15.5. The van der Waals surface area contributed by atoms with Crippen molar-refractivity contribution in [2.24, 2.45) is 0 Å². The monoisotopic (exact) mass is 368 g/mol. The van der Waals surface area contributed by atoms with Gasteiger partial charge in [-0.2, -0.15) is 0 Å². The molecule has 27 heavy (non-hydrogen) atoms. The number of ether oxygens (including phenoxy) is 2. The van der Waals surface area contributed by atoms with Crippen molar-refractivity contribution in [1.82, 2.24) is 9.97 Å². The van der Waals surface area contributed by atoms with E-state index in [0.29, 0.717) is 18.9 Å². The quantitative estimate of drug-likeness (QED) is 0.894. The van der Waals surface area contributed by atoms with Gasteiger partial charge in [0, 0.05) is 31.6 Å². The lowest BCUT2D eigenvalue weighted by Gasteiger charge is -2.37. The standard InChI is InChI=1S/C20H24N4O3/c1-2-15-5-3-4-6-16(15)23-19(25)17-13-22-18(14-21-17)24-9-7-20(8-10-24)26-11-12-27-20/h3-6,13-14H,2,7-12H2,1H3,(H,23,25). The van der Waals surface area contributed by atoms with E-state index >= 15 is 0 Å². The Balaban J connectivity index is 1.39. The maximum atomic E-state index is 12.5. The summed E-state index contributed by atoms with van der Waals surface area (Å²) in [6.07, 6.45) is 5.67. The number of carbonyl (C=O) groups excluding carboxylic acids is 1. The second-order valence-electron chi connectivity index (χ2n) is 6.82. The fourth-order valence-corrected chi connectivity index (χ4v) is 3.60. The molecule has 0 radical (unpaired) electrons. The number of piperidine rings is 1. The van der Waals surface area contributed by atoms with Crippen LogP contribution in [0.3, 0.4) is 0 Å². The smallest absolute Gasteiger partial charge is 0.275 e. The van der Waals surface area contributed by atoms with Gasteiger partial charge < -0.3 is 19.7 Å². The van der Waals surface area contributed by atoms with Gasteiger partial charge in [0.15, 0.2) is 5.79 Å². The van der Waals surface area contributed by atoms with Crippen LogP contribution < -0.4 is 10.2 Å². The van der Waals surface area contributed by atoms with Gasteiger partial charge >= 0.3 is 0 Å². The Morgan fingerprint density at radius 1 is 1.15 bits per heavy atom. The molecule has 4 rings (SSSR count). The minimum absolute atomic E-state index is 0.250. The first kappa shape index (κ1) is 17.9. The molecule has 2 aliphatic rings. The molecular formula is C20H24N4O3.